The van der Waals surface area contributed by atoms with Gasteiger partial charge in [0.1, 0.15) is 5.82 Å². The molecule has 0 aliphatic heterocycles. The van der Waals surface area contributed by atoms with Gasteiger partial charge in [0.05, 0.1) is 5.02 Å². The van der Waals surface area contributed by atoms with E-state index >= 15 is 0 Å². The van der Waals surface area contributed by atoms with Crippen LogP contribution in [-0.2, 0) is 12.0 Å². The molecule has 0 aliphatic carbocycles. The smallest absolute Gasteiger partial charge is 0.142 e. The van der Waals surface area contributed by atoms with E-state index in [9.17, 15) is 4.39 Å². The van der Waals surface area contributed by atoms with Crippen molar-refractivity contribution in [2.45, 2.75) is 18.9 Å². The van der Waals surface area contributed by atoms with E-state index in [0.29, 0.717) is 6.42 Å². The summed E-state index contributed by atoms with van der Waals surface area (Å²) in [5.74, 6) is -0.405. The Morgan fingerprint density at radius 3 is 2.44 bits per heavy atom. The molecule has 3 heteroatoms. The summed E-state index contributed by atoms with van der Waals surface area (Å²) >= 11 is 5.66. The number of benzene rings is 2. The Kier molecular flexibility index (Phi) is 3.69. The molecule has 1 nitrogen and oxygen atoms in total. The molecule has 2 rings (SSSR count). The molecule has 0 heterocycles. The fourth-order valence-electron chi connectivity index (χ4n) is 1.99. The van der Waals surface area contributed by atoms with Gasteiger partial charge in [-0.3, -0.25) is 0 Å². The highest BCUT2D eigenvalue weighted by Gasteiger charge is 2.21. The Morgan fingerprint density at radius 1 is 1.17 bits per heavy atom. The van der Waals surface area contributed by atoms with Gasteiger partial charge in [-0.2, -0.15) is 0 Å². The van der Waals surface area contributed by atoms with Crippen molar-refractivity contribution in [2.75, 3.05) is 0 Å². The van der Waals surface area contributed by atoms with Gasteiger partial charge in [0.15, 0.2) is 0 Å². The first-order chi connectivity index (χ1) is 8.49. The first-order valence-electron chi connectivity index (χ1n) is 5.77. The van der Waals surface area contributed by atoms with E-state index in [0.717, 1.165) is 11.1 Å². The maximum atomic E-state index is 13.4. The predicted molar refractivity (Wildman–Crippen MR) is 73.1 cm³/mol. The first-order valence-corrected chi connectivity index (χ1v) is 6.15. The highest BCUT2D eigenvalue weighted by Crippen LogP contribution is 2.24. The van der Waals surface area contributed by atoms with E-state index in [1.54, 1.807) is 12.1 Å². The highest BCUT2D eigenvalue weighted by molar-refractivity contribution is 6.30. The fourth-order valence-corrected chi connectivity index (χ4v) is 2.11. The summed E-state index contributed by atoms with van der Waals surface area (Å²) in [5.41, 5.74) is 7.64. The molecule has 2 aromatic rings. The summed E-state index contributed by atoms with van der Waals surface area (Å²) < 4.78 is 13.4. The lowest BCUT2D eigenvalue weighted by Gasteiger charge is -2.25. The maximum Gasteiger partial charge on any atom is 0.142 e. The van der Waals surface area contributed by atoms with Crippen LogP contribution < -0.4 is 5.73 Å². The molecule has 94 valence electrons. The molecule has 0 amide bonds. The first kappa shape index (κ1) is 13.1. The summed E-state index contributed by atoms with van der Waals surface area (Å²) in [7, 11) is 0. The Morgan fingerprint density at radius 2 is 1.83 bits per heavy atom. The molecule has 2 aromatic carbocycles. The van der Waals surface area contributed by atoms with Crippen molar-refractivity contribution in [2.24, 2.45) is 5.73 Å². The second-order valence-corrected chi connectivity index (χ2v) is 5.12. The molecule has 0 fully saturated rings. The van der Waals surface area contributed by atoms with Gasteiger partial charge in [-0.25, -0.2) is 4.39 Å². The quantitative estimate of drug-likeness (QED) is 0.893. The summed E-state index contributed by atoms with van der Waals surface area (Å²) in [4.78, 5) is 0. The molecule has 1 unspecified atom stereocenters. The van der Waals surface area contributed by atoms with Crippen LogP contribution in [0.25, 0.3) is 0 Å². The van der Waals surface area contributed by atoms with Gasteiger partial charge >= 0.3 is 0 Å². The van der Waals surface area contributed by atoms with Crippen LogP contribution in [0.4, 0.5) is 4.39 Å². The summed E-state index contributed by atoms with van der Waals surface area (Å²) in [6, 6.07) is 14.6. The second-order valence-electron chi connectivity index (χ2n) is 4.71. The monoisotopic (exact) mass is 263 g/mol. The van der Waals surface area contributed by atoms with Crippen molar-refractivity contribution >= 4 is 11.6 Å². The third-order valence-corrected chi connectivity index (χ3v) is 3.30. The molecule has 0 spiro atoms. The Hall–Kier alpha value is -1.38. The second kappa shape index (κ2) is 5.09. The fraction of sp³-hybridized carbons (Fsp3) is 0.200. The number of halogens is 2. The Balaban J connectivity index is 2.25. The molecular weight excluding hydrogens is 249 g/mol. The van der Waals surface area contributed by atoms with Gasteiger partial charge in [0.2, 0.25) is 0 Å². The van der Waals surface area contributed by atoms with Gasteiger partial charge in [-0.05, 0) is 36.6 Å². The largest absolute Gasteiger partial charge is 0.321 e. The average molecular weight is 264 g/mol. The van der Waals surface area contributed by atoms with Crippen LogP contribution in [0.1, 0.15) is 18.1 Å². The molecule has 0 radical (unpaired) electrons. The van der Waals surface area contributed by atoms with Crippen LogP contribution in [-0.4, -0.2) is 0 Å². The van der Waals surface area contributed by atoms with Crippen LogP contribution in [0.2, 0.25) is 5.02 Å². The number of hydrogen-bond donors (Lipinski definition) is 1. The van der Waals surface area contributed by atoms with Gasteiger partial charge < -0.3 is 5.73 Å². The van der Waals surface area contributed by atoms with Gasteiger partial charge in [0.25, 0.3) is 0 Å². The lowest BCUT2D eigenvalue weighted by molar-refractivity contribution is 0.489. The molecule has 1 atom stereocenters. The van der Waals surface area contributed by atoms with Gasteiger partial charge in [-0.15, -0.1) is 0 Å². The third-order valence-electron chi connectivity index (χ3n) is 2.99. The molecule has 18 heavy (non-hydrogen) atoms. The van der Waals surface area contributed by atoms with Crippen molar-refractivity contribution in [3.05, 3.63) is 70.5 Å². The van der Waals surface area contributed by atoms with Crippen LogP contribution in [0.15, 0.2) is 48.5 Å². The van der Waals surface area contributed by atoms with Crippen LogP contribution in [0, 0.1) is 5.82 Å². The lowest BCUT2D eigenvalue weighted by Crippen LogP contribution is -2.35. The zero-order valence-electron chi connectivity index (χ0n) is 10.2. The summed E-state index contributed by atoms with van der Waals surface area (Å²) in [6.07, 6.45) is 0.561. The molecule has 0 aromatic heterocycles. The van der Waals surface area contributed by atoms with Crippen LogP contribution >= 0.6 is 11.6 Å². The number of hydrogen-bond acceptors (Lipinski definition) is 1. The van der Waals surface area contributed by atoms with Crippen molar-refractivity contribution in [1.29, 1.82) is 0 Å². The number of nitrogens with two attached hydrogens (primary N) is 1. The zero-order valence-corrected chi connectivity index (χ0v) is 10.9. The van der Waals surface area contributed by atoms with E-state index < -0.39 is 11.4 Å². The standard InChI is InChI=1S/C15H15ClFN/c1-15(18,12-5-3-2-4-6-12)10-11-7-8-13(16)14(17)9-11/h2-9H,10,18H2,1H3. The minimum atomic E-state index is -0.526. The maximum absolute atomic E-state index is 13.4. The SMILES string of the molecule is CC(N)(Cc1ccc(Cl)c(F)c1)c1ccccc1. The molecule has 0 saturated carbocycles. The molecular formula is C15H15ClFN. The van der Waals surface area contributed by atoms with Crippen molar-refractivity contribution in [3.63, 3.8) is 0 Å². The normalized spacial score (nSPS) is 14.2. The Bertz CT molecular complexity index is 537. The summed E-state index contributed by atoms with van der Waals surface area (Å²) in [5, 5.41) is 0.136. The van der Waals surface area contributed by atoms with Crippen molar-refractivity contribution in [3.8, 4) is 0 Å². The summed E-state index contributed by atoms with van der Waals surface area (Å²) in [6.45, 7) is 1.94. The number of rotatable bonds is 3. The van der Waals surface area contributed by atoms with E-state index in [1.807, 2.05) is 37.3 Å². The topological polar surface area (TPSA) is 26.0 Å². The molecule has 2 N–H and O–H groups in total. The van der Waals surface area contributed by atoms with E-state index in [2.05, 4.69) is 0 Å². The minimum absolute atomic E-state index is 0.136. The van der Waals surface area contributed by atoms with E-state index in [1.165, 1.54) is 6.07 Å². The molecule has 0 bridgehead atoms. The lowest BCUT2D eigenvalue weighted by atomic mass is 9.87. The average Bonchev–Trinajstić information content (AvgIpc) is 2.35. The van der Waals surface area contributed by atoms with E-state index in [-0.39, 0.29) is 5.02 Å². The molecule has 0 aliphatic rings. The van der Waals surface area contributed by atoms with Crippen LogP contribution in [0.3, 0.4) is 0 Å². The Labute approximate surface area is 111 Å². The van der Waals surface area contributed by atoms with Crippen molar-refractivity contribution in [1.82, 2.24) is 0 Å². The van der Waals surface area contributed by atoms with Crippen LogP contribution in [0.5, 0.6) is 0 Å². The highest BCUT2D eigenvalue weighted by atomic mass is 35.5. The van der Waals surface area contributed by atoms with Gasteiger partial charge in [-0.1, -0.05) is 48.0 Å². The third kappa shape index (κ3) is 2.89. The van der Waals surface area contributed by atoms with E-state index in [4.69, 9.17) is 17.3 Å². The zero-order chi connectivity index (χ0) is 13.2. The van der Waals surface area contributed by atoms with Gasteiger partial charge in [0, 0.05) is 5.54 Å². The minimum Gasteiger partial charge on any atom is -0.321 e. The molecule has 0 saturated heterocycles. The van der Waals surface area contributed by atoms with Crippen molar-refractivity contribution < 1.29 is 4.39 Å². The predicted octanol–water partition coefficient (Wildman–Crippen LogP) is 3.90.